The maximum atomic E-state index is 12.0. The Morgan fingerprint density at radius 2 is 2.00 bits per heavy atom. The van der Waals surface area contributed by atoms with Crippen molar-refractivity contribution in [3.05, 3.63) is 70.5 Å². The number of nitrogens with zero attached hydrogens (tertiary/aromatic N) is 2. The fraction of sp³-hybridized carbons (Fsp3) is 0.0667. The maximum Gasteiger partial charge on any atom is 0.259 e. The molecule has 0 bridgehead atoms. The molecule has 3 rings (SSSR count). The van der Waals surface area contributed by atoms with Crippen molar-refractivity contribution < 1.29 is 0 Å². The van der Waals surface area contributed by atoms with Crippen molar-refractivity contribution in [3.8, 4) is 0 Å². The molecule has 2 heterocycles. The van der Waals surface area contributed by atoms with Gasteiger partial charge >= 0.3 is 0 Å². The molecule has 0 amide bonds. The third-order valence-electron chi connectivity index (χ3n) is 2.98. The summed E-state index contributed by atoms with van der Waals surface area (Å²) in [5.41, 5.74) is 1.29. The molecule has 6 heteroatoms. The van der Waals surface area contributed by atoms with E-state index in [-0.39, 0.29) is 5.56 Å². The summed E-state index contributed by atoms with van der Waals surface area (Å²) in [5, 5.41) is 3.59. The van der Waals surface area contributed by atoms with Gasteiger partial charge in [0.25, 0.3) is 5.56 Å². The van der Waals surface area contributed by atoms with Crippen LogP contribution in [-0.4, -0.2) is 19.9 Å². The van der Waals surface area contributed by atoms with Gasteiger partial charge in [0.2, 0.25) is 0 Å². The minimum atomic E-state index is -0.197. The summed E-state index contributed by atoms with van der Waals surface area (Å²) in [6.07, 6.45) is 1.72. The third-order valence-corrected chi connectivity index (χ3v) is 3.32. The van der Waals surface area contributed by atoms with Gasteiger partial charge in [0.05, 0.1) is 23.1 Å². The summed E-state index contributed by atoms with van der Waals surface area (Å²) < 4.78 is 0. The highest BCUT2D eigenvalue weighted by Crippen LogP contribution is 2.06. The molecule has 0 atom stereocenters. The summed E-state index contributed by atoms with van der Waals surface area (Å²) in [5.74, 6) is 0.365. The van der Waals surface area contributed by atoms with Crippen LogP contribution in [0.4, 0.5) is 0 Å². The standard InChI is InChI=1S/C15H12N4OS/c20-14-11-6-1-2-7-12(11)18-13(19-14)15(21)17-9-10-5-3-4-8-16-10/h1-8H,9H2,(H,17,21)(H,18,19,20). The zero-order chi connectivity index (χ0) is 14.7. The molecule has 1 aromatic carbocycles. The largest absolute Gasteiger partial charge is 0.368 e. The van der Waals surface area contributed by atoms with E-state index in [1.54, 1.807) is 24.4 Å². The van der Waals surface area contributed by atoms with E-state index in [9.17, 15) is 4.79 Å². The van der Waals surface area contributed by atoms with Crippen molar-refractivity contribution in [3.63, 3.8) is 0 Å². The fourth-order valence-electron chi connectivity index (χ4n) is 1.95. The molecule has 5 nitrogen and oxygen atoms in total. The lowest BCUT2D eigenvalue weighted by Gasteiger charge is -2.07. The van der Waals surface area contributed by atoms with Crippen LogP contribution in [0.5, 0.6) is 0 Å². The van der Waals surface area contributed by atoms with Crippen LogP contribution < -0.4 is 10.9 Å². The number of hydrogen-bond donors (Lipinski definition) is 2. The number of aromatic amines is 1. The summed E-state index contributed by atoms with van der Waals surface area (Å²) in [6.45, 7) is 0.482. The summed E-state index contributed by atoms with van der Waals surface area (Å²) in [4.78, 5) is 23.6. The Morgan fingerprint density at radius 3 is 2.81 bits per heavy atom. The Bertz CT molecular complexity index is 845. The number of rotatable bonds is 3. The average Bonchev–Trinajstić information content (AvgIpc) is 2.53. The van der Waals surface area contributed by atoms with E-state index in [4.69, 9.17) is 12.2 Å². The average molecular weight is 296 g/mol. The highest BCUT2D eigenvalue weighted by Gasteiger charge is 2.07. The van der Waals surface area contributed by atoms with Gasteiger partial charge in [-0.15, -0.1) is 0 Å². The van der Waals surface area contributed by atoms with E-state index in [0.29, 0.717) is 28.3 Å². The van der Waals surface area contributed by atoms with E-state index in [0.717, 1.165) is 5.69 Å². The highest BCUT2D eigenvalue weighted by molar-refractivity contribution is 7.80. The minimum Gasteiger partial charge on any atom is -0.368 e. The van der Waals surface area contributed by atoms with Crippen molar-refractivity contribution in [2.45, 2.75) is 6.54 Å². The van der Waals surface area contributed by atoms with Crippen LogP contribution in [0.25, 0.3) is 10.9 Å². The summed E-state index contributed by atoms with van der Waals surface area (Å²) in [6, 6.07) is 12.8. The number of pyridine rings is 1. The van der Waals surface area contributed by atoms with Gasteiger partial charge in [0.15, 0.2) is 5.82 Å². The summed E-state index contributed by atoms with van der Waals surface area (Å²) in [7, 11) is 0. The quantitative estimate of drug-likeness (QED) is 0.721. The van der Waals surface area contributed by atoms with E-state index < -0.39 is 0 Å². The van der Waals surface area contributed by atoms with Gasteiger partial charge in [0.1, 0.15) is 4.99 Å². The van der Waals surface area contributed by atoms with Gasteiger partial charge in [-0.1, -0.05) is 30.4 Å². The lowest BCUT2D eigenvalue weighted by Crippen LogP contribution is -2.27. The number of hydrogen-bond acceptors (Lipinski definition) is 4. The van der Waals surface area contributed by atoms with Crippen LogP contribution in [0.15, 0.2) is 53.5 Å². The number of benzene rings is 1. The Kier molecular flexibility index (Phi) is 3.70. The molecule has 0 spiro atoms. The number of fused-ring (bicyclic) bond motifs is 1. The molecule has 0 aliphatic heterocycles. The van der Waals surface area contributed by atoms with Gasteiger partial charge in [-0.05, 0) is 24.3 Å². The molecule has 21 heavy (non-hydrogen) atoms. The monoisotopic (exact) mass is 296 g/mol. The Morgan fingerprint density at radius 1 is 1.19 bits per heavy atom. The van der Waals surface area contributed by atoms with Gasteiger partial charge in [-0.2, -0.15) is 0 Å². The lowest BCUT2D eigenvalue weighted by molar-refractivity contribution is 0.876. The molecule has 0 unspecified atom stereocenters. The molecule has 0 aliphatic carbocycles. The molecule has 2 aromatic heterocycles. The van der Waals surface area contributed by atoms with Crippen molar-refractivity contribution >= 4 is 28.1 Å². The first-order valence-corrected chi connectivity index (χ1v) is 6.82. The van der Waals surface area contributed by atoms with Crippen LogP contribution in [0.2, 0.25) is 0 Å². The Balaban J connectivity index is 1.83. The molecule has 104 valence electrons. The molecular formula is C15H12N4OS. The van der Waals surface area contributed by atoms with Crippen LogP contribution in [0.1, 0.15) is 11.5 Å². The predicted molar refractivity (Wildman–Crippen MR) is 85.1 cm³/mol. The molecule has 0 saturated carbocycles. The van der Waals surface area contributed by atoms with Gasteiger partial charge in [0, 0.05) is 6.20 Å². The summed E-state index contributed by atoms with van der Waals surface area (Å²) >= 11 is 5.27. The van der Waals surface area contributed by atoms with E-state index in [2.05, 4.69) is 20.3 Å². The second-order valence-electron chi connectivity index (χ2n) is 4.44. The van der Waals surface area contributed by atoms with Crippen molar-refractivity contribution in [1.82, 2.24) is 20.3 Å². The van der Waals surface area contributed by atoms with Crippen LogP contribution in [-0.2, 0) is 6.54 Å². The van der Waals surface area contributed by atoms with Crippen molar-refractivity contribution in [2.75, 3.05) is 0 Å². The second-order valence-corrected chi connectivity index (χ2v) is 4.84. The topological polar surface area (TPSA) is 70.7 Å². The molecule has 0 saturated heterocycles. The van der Waals surface area contributed by atoms with E-state index >= 15 is 0 Å². The molecule has 0 aliphatic rings. The van der Waals surface area contributed by atoms with E-state index in [1.807, 2.05) is 24.3 Å². The highest BCUT2D eigenvalue weighted by atomic mass is 32.1. The maximum absolute atomic E-state index is 12.0. The fourth-order valence-corrected chi connectivity index (χ4v) is 2.12. The third kappa shape index (κ3) is 2.95. The number of nitrogens with one attached hydrogen (secondary N) is 2. The number of aromatic nitrogens is 3. The zero-order valence-corrected chi connectivity index (χ0v) is 11.9. The first-order valence-electron chi connectivity index (χ1n) is 6.41. The zero-order valence-electron chi connectivity index (χ0n) is 11.0. The van der Waals surface area contributed by atoms with Crippen LogP contribution in [0.3, 0.4) is 0 Å². The number of thiocarbonyl (C=S) groups is 1. The van der Waals surface area contributed by atoms with Gasteiger partial charge in [-0.3, -0.25) is 9.78 Å². The van der Waals surface area contributed by atoms with E-state index in [1.165, 1.54) is 0 Å². The van der Waals surface area contributed by atoms with Crippen LogP contribution in [0, 0.1) is 0 Å². The van der Waals surface area contributed by atoms with Gasteiger partial charge < -0.3 is 10.3 Å². The van der Waals surface area contributed by atoms with Crippen LogP contribution >= 0.6 is 12.2 Å². The minimum absolute atomic E-state index is 0.197. The first-order chi connectivity index (χ1) is 10.2. The smallest absolute Gasteiger partial charge is 0.259 e. The van der Waals surface area contributed by atoms with Gasteiger partial charge in [-0.25, -0.2) is 4.98 Å². The van der Waals surface area contributed by atoms with Crippen molar-refractivity contribution in [2.24, 2.45) is 0 Å². The molecule has 0 fully saturated rings. The Hall–Kier alpha value is -2.60. The molecule has 2 N–H and O–H groups in total. The second kappa shape index (κ2) is 5.80. The number of H-pyrrole nitrogens is 1. The Labute approximate surface area is 126 Å². The molecule has 3 aromatic rings. The SMILES string of the molecule is O=c1[nH]c(C(=S)NCc2ccccn2)nc2ccccc12. The lowest BCUT2D eigenvalue weighted by atomic mass is 10.2. The number of para-hydroxylation sites is 1. The normalized spacial score (nSPS) is 10.5. The predicted octanol–water partition coefficient (Wildman–Crippen LogP) is 1.78. The molecule has 0 radical (unpaired) electrons. The van der Waals surface area contributed by atoms with Crippen molar-refractivity contribution in [1.29, 1.82) is 0 Å². The first kappa shape index (κ1) is 13.4. The molecular weight excluding hydrogens is 284 g/mol.